The van der Waals surface area contributed by atoms with Crippen molar-refractivity contribution in [3.63, 3.8) is 0 Å². The van der Waals surface area contributed by atoms with Crippen LogP contribution in [0.1, 0.15) is 36.2 Å². The highest BCUT2D eigenvalue weighted by atomic mass is 79.9. The first-order valence-electron chi connectivity index (χ1n) is 6.72. The van der Waals surface area contributed by atoms with Crippen molar-refractivity contribution < 1.29 is 4.74 Å². The topological polar surface area (TPSA) is 53.1 Å². The number of methoxy groups -OCH3 is 1. The van der Waals surface area contributed by atoms with E-state index < -0.39 is 0 Å². The second-order valence-electron chi connectivity index (χ2n) is 4.58. The Labute approximate surface area is 132 Å². The maximum atomic E-state index is 6.33. The van der Waals surface area contributed by atoms with Crippen molar-refractivity contribution in [2.45, 2.75) is 39.3 Å². The van der Waals surface area contributed by atoms with Gasteiger partial charge in [-0.15, -0.1) is 11.3 Å². The summed E-state index contributed by atoms with van der Waals surface area (Å²) in [6.07, 6.45) is 1.69. The first-order chi connectivity index (χ1) is 9.60. The molecule has 4 nitrogen and oxygen atoms in total. The zero-order chi connectivity index (χ0) is 14.7. The molecule has 0 spiro atoms. The van der Waals surface area contributed by atoms with E-state index in [1.165, 1.54) is 5.69 Å². The van der Waals surface area contributed by atoms with Crippen LogP contribution in [0.3, 0.4) is 0 Å². The Hall–Kier alpha value is -0.850. The van der Waals surface area contributed by atoms with Gasteiger partial charge in [-0.1, -0.05) is 6.92 Å². The maximum absolute atomic E-state index is 6.33. The molecule has 0 aliphatic rings. The van der Waals surface area contributed by atoms with E-state index >= 15 is 0 Å². The number of ether oxygens (including phenoxy) is 1. The molecule has 0 aliphatic carbocycles. The molecule has 2 rings (SSSR count). The largest absolute Gasteiger partial charge is 0.496 e. The minimum Gasteiger partial charge on any atom is -0.496 e. The first kappa shape index (κ1) is 15.5. The highest BCUT2D eigenvalue weighted by Gasteiger charge is 2.18. The van der Waals surface area contributed by atoms with Crippen LogP contribution in [0.5, 0.6) is 5.75 Å². The van der Waals surface area contributed by atoms with E-state index in [9.17, 15) is 0 Å². The normalized spacial score (nSPS) is 12.7. The highest BCUT2D eigenvalue weighted by molar-refractivity contribution is 9.10. The molecule has 0 fully saturated rings. The van der Waals surface area contributed by atoms with Crippen LogP contribution in [0, 0.1) is 0 Å². The molecule has 2 aromatic rings. The smallest absolute Gasteiger partial charge is 0.129 e. The number of hydrogen-bond donors (Lipinski definition) is 1. The van der Waals surface area contributed by atoms with Crippen molar-refractivity contribution in [2.24, 2.45) is 5.73 Å². The van der Waals surface area contributed by atoms with Crippen LogP contribution in [0.4, 0.5) is 0 Å². The van der Waals surface area contributed by atoms with Crippen LogP contribution < -0.4 is 10.5 Å². The van der Waals surface area contributed by atoms with E-state index in [1.54, 1.807) is 18.4 Å². The third kappa shape index (κ3) is 3.07. The molecule has 6 heteroatoms. The second kappa shape index (κ2) is 6.74. The fraction of sp³-hybridized carbons (Fsp3) is 0.500. The molecule has 1 atom stereocenters. The summed E-state index contributed by atoms with van der Waals surface area (Å²) in [5, 5.41) is 6.59. The number of rotatable bonds is 6. The van der Waals surface area contributed by atoms with Gasteiger partial charge in [0.1, 0.15) is 5.75 Å². The maximum Gasteiger partial charge on any atom is 0.129 e. The zero-order valence-electron chi connectivity index (χ0n) is 12.0. The number of aromatic nitrogens is 2. The molecule has 0 amide bonds. The van der Waals surface area contributed by atoms with Gasteiger partial charge in [0.25, 0.3) is 0 Å². The van der Waals surface area contributed by atoms with E-state index in [0.29, 0.717) is 0 Å². The predicted octanol–water partition coefficient (Wildman–Crippen LogP) is 3.54. The Morgan fingerprint density at radius 1 is 1.50 bits per heavy atom. The standard InChI is InChI=1S/C14H20BrN3OS/c1-4-11-14(15)12(18(5-2)17-11)7-10(16)13-6-9(19-3)8-20-13/h6,8,10H,4-5,7,16H2,1-3H3. The van der Waals surface area contributed by atoms with Crippen molar-refractivity contribution >= 4 is 27.3 Å². The number of nitrogens with two attached hydrogens (primary N) is 1. The summed E-state index contributed by atoms with van der Waals surface area (Å²) >= 11 is 5.30. The Morgan fingerprint density at radius 2 is 2.25 bits per heavy atom. The molecular weight excluding hydrogens is 338 g/mol. The molecule has 2 N–H and O–H groups in total. The van der Waals surface area contributed by atoms with Crippen LogP contribution in [-0.4, -0.2) is 16.9 Å². The summed E-state index contributed by atoms with van der Waals surface area (Å²) < 4.78 is 8.35. The molecule has 0 saturated heterocycles. The van der Waals surface area contributed by atoms with Gasteiger partial charge in [-0.2, -0.15) is 5.10 Å². The van der Waals surface area contributed by atoms with Crippen molar-refractivity contribution in [3.05, 3.63) is 32.2 Å². The van der Waals surface area contributed by atoms with Gasteiger partial charge >= 0.3 is 0 Å². The lowest BCUT2D eigenvalue weighted by molar-refractivity contribution is 0.416. The van der Waals surface area contributed by atoms with E-state index in [4.69, 9.17) is 10.5 Å². The lowest BCUT2D eigenvalue weighted by Crippen LogP contribution is -2.15. The third-order valence-corrected chi connectivity index (χ3v) is 5.26. The number of halogens is 1. The monoisotopic (exact) mass is 357 g/mol. The summed E-state index contributed by atoms with van der Waals surface area (Å²) in [4.78, 5) is 1.13. The molecular formula is C14H20BrN3OS. The molecule has 0 aliphatic heterocycles. The van der Waals surface area contributed by atoms with Crippen LogP contribution in [0.15, 0.2) is 15.9 Å². The molecule has 0 bridgehead atoms. The van der Waals surface area contributed by atoms with Crippen LogP contribution >= 0.6 is 27.3 Å². The Kier molecular flexibility index (Phi) is 5.23. The van der Waals surface area contributed by atoms with Crippen molar-refractivity contribution in [2.75, 3.05) is 7.11 Å². The number of hydrogen-bond acceptors (Lipinski definition) is 4. The lowest BCUT2D eigenvalue weighted by Gasteiger charge is -2.11. The van der Waals surface area contributed by atoms with Crippen LogP contribution in [0.2, 0.25) is 0 Å². The predicted molar refractivity (Wildman–Crippen MR) is 86.5 cm³/mol. The zero-order valence-corrected chi connectivity index (χ0v) is 14.4. The molecule has 110 valence electrons. The van der Waals surface area contributed by atoms with Gasteiger partial charge in [0.05, 0.1) is 23.0 Å². The molecule has 0 aromatic carbocycles. The van der Waals surface area contributed by atoms with Gasteiger partial charge < -0.3 is 10.5 Å². The van der Waals surface area contributed by atoms with Gasteiger partial charge in [0.2, 0.25) is 0 Å². The minimum atomic E-state index is -0.0353. The average Bonchev–Trinajstić information content (AvgIpc) is 3.05. The van der Waals surface area contributed by atoms with E-state index in [2.05, 4.69) is 34.9 Å². The van der Waals surface area contributed by atoms with Crippen molar-refractivity contribution in [1.29, 1.82) is 0 Å². The lowest BCUT2D eigenvalue weighted by atomic mass is 10.1. The van der Waals surface area contributed by atoms with Crippen molar-refractivity contribution in [1.82, 2.24) is 9.78 Å². The second-order valence-corrected chi connectivity index (χ2v) is 6.31. The summed E-state index contributed by atoms with van der Waals surface area (Å²) in [5.74, 6) is 0.873. The fourth-order valence-electron chi connectivity index (χ4n) is 2.16. The first-order valence-corrected chi connectivity index (χ1v) is 8.39. The Morgan fingerprint density at radius 3 is 2.80 bits per heavy atom. The number of nitrogens with zero attached hydrogens (tertiary/aromatic N) is 2. The SMILES string of the molecule is CCc1nn(CC)c(CC(N)c2cc(OC)cs2)c1Br. The van der Waals surface area contributed by atoms with Gasteiger partial charge in [0, 0.05) is 29.3 Å². The average molecular weight is 358 g/mol. The summed E-state index contributed by atoms with van der Waals surface area (Å²) in [5.41, 5.74) is 8.60. The molecule has 2 heterocycles. The van der Waals surface area contributed by atoms with Gasteiger partial charge in [-0.05, 0) is 35.3 Å². The Bertz CT molecular complexity index is 579. The highest BCUT2D eigenvalue weighted by Crippen LogP contribution is 2.30. The molecule has 1 unspecified atom stereocenters. The van der Waals surface area contributed by atoms with E-state index in [0.717, 1.165) is 40.2 Å². The quantitative estimate of drug-likeness (QED) is 0.859. The molecule has 20 heavy (non-hydrogen) atoms. The number of thiophene rings is 1. The van der Waals surface area contributed by atoms with Crippen LogP contribution in [-0.2, 0) is 19.4 Å². The minimum absolute atomic E-state index is 0.0353. The molecule has 0 saturated carbocycles. The number of aryl methyl sites for hydroxylation is 2. The summed E-state index contributed by atoms with van der Waals surface area (Å²) in [6.45, 7) is 5.07. The van der Waals surface area contributed by atoms with Gasteiger partial charge in [0.15, 0.2) is 0 Å². The van der Waals surface area contributed by atoms with Crippen molar-refractivity contribution in [3.8, 4) is 5.75 Å². The van der Waals surface area contributed by atoms with Crippen LogP contribution in [0.25, 0.3) is 0 Å². The molecule has 0 radical (unpaired) electrons. The molecule has 2 aromatic heterocycles. The van der Waals surface area contributed by atoms with Gasteiger partial charge in [-0.25, -0.2) is 0 Å². The fourth-order valence-corrected chi connectivity index (χ4v) is 3.74. The third-order valence-electron chi connectivity index (χ3n) is 3.30. The van der Waals surface area contributed by atoms with E-state index in [1.807, 2.05) is 16.1 Å². The van der Waals surface area contributed by atoms with E-state index in [-0.39, 0.29) is 6.04 Å². The Balaban J connectivity index is 2.22. The van der Waals surface area contributed by atoms with Gasteiger partial charge in [-0.3, -0.25) is 4.68 Å². The summed E-state index contributed by atoms with van der Waals surface area (Å²) in [6, 6.07) is 1.98. The summed E-state index contributed by atoms with van der Waals surface area (Å²) in [7, 11) is 1.67.